The standard InChI is InChI=1S/C63H45N/c1-4-16-44(17-5-1)45-28-30-46(31-29-45)47-32-36-52(37-33-47)64(53-38-34-48(35-39-53)60-42-49-18-10-11-23-55(49)56-24-12-13-25-57(56)60)54-40-41-59-58-26-14-15-27-61(58)63(62(59)43-54,50-19-6-2-7-20-50)51-21-8-3-9-22-51/h1-38,40-43,53H,39H2/i28D,29D,30D,31D,32D,33D,36D,37D,40D,41D,43D. The van der Waals surface area contributed by atoms with E-state index in [4.69, 9.17) is 2.74 Å². The van der Waals surface area contributed by atoms with Crippen LogP contribution < -0.4 is 4.90 Å². The molecule has 0 aromatic heterocycles. The number of hydrogen-bond donors (Lipinski definition) is 0. The third-order valence-electron chi connectivity index (χ3n) is 12.7. The van der Waals surface area contributed by atoms with E-state index in [1.54, 1.807) is 30.3 Å². The molecule has 2 aliphatic rings. The maximum Gasteiger partial charge on any atom is 0.0714 e. The highest BCUT2D eigenvalue weighted by atomic mass is 15.2. The summed E-state index contributed by atoms with van der Waals surface area (Å²) in [5.41, 5.74) is 4.08. The molecule has 2 aliphatic carbocycles. The van der Waals surface area contributed by atoms with Crippen molar-refractivity contribution in [1.29, 1.82) is 0 Å². The van der Waals surface area contributed by atoms with Gasteiger partial charge < -0.3 is 4.90 Å². The Kier molecular flexibility index (Phi) is 6.84. The Hall–Kier alpha value is -8.00. The van der Waals surface area contributed by atoms with E-state index in [0.717, 1.165) is 49.4 Å². The average molecular weight is 827 g/mol. The third-order valence-corrected chi connectivity index (χ3v) is 12.7. The lowest BCUT2D eigenvalue weighted by molar-refractivity contribution is 0.761. The van der Waals surface area contributed by atoms with Crippen molar-refractivity contribution in [2.24, 2.45) is 0 Å². The number of hydrogen-bond acceptors (Lipinski definition) is 1. The first kappa shape index (κ1) is 27.8. The molecule has 0 heterocycles. The minimum atomic E-state index is -1.18. The summed E-state index contributed by atoms with van der Waals surface area (Å²) in [6.45, 7) is 0. The van der Waals surface area contributed by atoms with Gasteiger partial charge in [-0.25, -0.2) is 0 Å². The molecule has 12 rings (SSSR count). The highest BCUT2D eigenvalue weighted by Crippen LogP contribution is 2.57. The second kappa shape index (κ2) is 15.7. The molecule has 0 saturated heterocycles. The fourth-order valence-electron chi connectivity index (χ4n) is 9.78. The average Bonchev–Trinajstić information content (AvgIpc) is 3.90. The van der Waals surface area contributed by atoms with Gasteiger partial charge in [0.25, 0.3) is 0 Å². The van der Waals surface area contributed by atoms with Crippen LogP contribution in [0.5, 0.6) is 0 Å². The molecule has 1 atom stereocenters. The minimum absolute atomic E-state index is 0.0404. The van der Waals surface area contributed by atoms with Crippen LogP contribution in [0, 0.1) is 0 Å². The predicted octanol–water partition coefficient (Wildman–Crippen LogP) is 16.2. The Morgan fingerprint density at radius 2 is 0.984 bits per heavy atom. The zero-order chi connectivity index (χ0) is 52.0. The van der Waals surface area contributed by atoms with Gasteiger partial charge in [0.15, 0.2) is 0 Å². The summed E-state index contributed by atoms with van der Waals surface area (Å²) in [4.78, 5) is 1.52. The first-order chi connectivity index (χ1) is 36.4. The third kappa shape index (κ3) is 6.23. The molecule has 0 aliphatic heterocycles. The number of fused-ring (bicyclic) bond motifs is 6. The zero-order valence-corrected chi connectivity index (χ0v) is 34.6. The first-order valence-corrected chi connectivity index (χ1v) is 21.6. The molecular formula is C63H45N. The Bertz CT molecular complexity index is 3960. The second-order valence-electron chi connectivity index (χ2n) is 16.2. The van der Waals surface area contributed by atoms with Gasteiger partial charge in [-0.05, 0) is 125 Å². The maximum absolute atomic E-state index is 10.7. The molecule has 302 valence electrons. The highest BCUT2D eigenvalue weighted by Gasteiger charge is 2.46. The molecule has 64 heavy (non-hydrogen) atoms. The molecule has 0 radical (unpaired) electrons. The number of rotatable bonds is 8. The smallest absolute Gasteiger partial charge is 0.0714 e. The minimum Gasteiger partial charge on any atom is -0.334 e. The summed E-state index contributed by atoms with van der Waals surface area (Å²) in [6.07, 6.45) is 6.13. The molecule has 0 bridgehead atoms. The lowest BCUT2D eigenvalue weighted by atomic mass is 9.67. The van der Waals surface area contributed by atoms with Gasteiger partial charge in [0.2, 0.25) is 0 Å². The van der Waals surface area contributed by atoms with E-state index in [9.17, 15) is 12.3 Å². The van der Waals surface area contributed by atoms with Crippen molar-refractivity contribution in [3.63, 3.8) is 0 Å². The molecule has 1 nitrogen and oxygen atoms in total. The van der Waals surface area contributed by atoms with Crippen molar-refractivity contribution in [1.82, 2.24) is 0 Å². The van der Waals surface area contributed by atoms with Gasteiger partial charge >= 0.3 is 0 Å². The Balaban J connectivity index is 1.12. The van der Waals surface area contributed by atoms with Crippen LogP contribution in [0.4, 0.5) is 11.4 Å². The van der Waals surface area contributed by atoms with Gasteiger partial charge in [0.1, 0.15) is 0 Å². The van der Waals surface area contributed by atoms with Gasteiger partial charge in [-0.1, -0.05) is 224 Å². The van der Waals surface area contributed by atoms with Gasteiger partial charge in [0, 0.05) is 11.4 Å². The summed E-state index contributed by atoms with van der Waals surface area (Å²) >= 11 is 0. The molecule has 1 heteroatoms. The SMILES string of the molecule is [2H]c1c([2H])c(-c2c([2H])c([2H])c(N(c3c([2H])c([2H])c4c(c3[2H])C(c3ccccc3)(c3ccccc3)c3ccccc3-4)C3C=CC(c4cc5ccccc5c5ccccc45)=CC3)c([2H])c2[2H])c([2H])c([2H])c1-c1ccccc1. The van der Waals surface area contributed by atoms with Crippen LogP contribution in [0.25, 0.3) is 60.5 Å². The second-order valence-corrected chi connectivity index (χ2v) is 16.2. The van der Waals surface area contributed by atoms with Crippen molar-refractivity contribution < 1.29 is 15.1 Å². The zero-order valence-electron chi connectivity index (χ0n) is 45.6. The number of allylic oxidation sites excluding steroid dienone is 2. The number of anilines is 2. The molecule has 1 unspecified atom stereocenters. The molecule has 0 saturated carbocycles. The van der Waals surface area contributed by atoms with Crippen molar-refractivity contribution in [3.8, 4) is 33.4 Å². The van der Waals surface area contributed by atoms with Crippen LogP contribution in [-0.4, -0.2) is 6.04 Å². The van der Waals surface area contributed by atoms with Crippen LogP contribution >= 0.6 is 0 Å². The van der Waals surface area contributed by atoms with Gasteiger partial charge in [-0.2, -0.15) is 0 Å². The van der Waals surface area contributed by atoms with Gasteiger partial charge in [0.05, 0.1) is 26.5 Å². The monoisotopic (exact) mass is 826 g/mol. The molecular weight excluding hydrogens is 771 g/mol. The van der Waals surface area contributed by atoms with Crippen LogP contribution in [-0.2, 0) is 5.41 Å². The topological polar surface area (TPSA) is 3.24 Å². The molecule has 0 fully saturated rings. The van der Waals surface area contributed by atoms with E-state index in [0.29, 0.717) is 22.3 Å². The van der Waals surface area contributed by atoms with Crippen LogP contribution in [0.3, 0.4) is 0 Å². The summed E-state index contributed by atoms with van der Waals surface area (Å²) in [7, 11) is 0. The Morgan fingerprint density at radius 1 is 0.438 bits per heavy atom. The van der Waals surface area contributed by atoms with E-state index < -0.39 is 65.4 Å². The summed E-state index contributed by atoms with van der Waals surface area (Å²) in [5.74, 6) is 0. The van der Waals surface area contributed by atoms with E-state index >= 15 is 0 Å². The lowest BCUT2D eigenvalue weighted by Crippen LogP contribution is -2.31. The molecule has 0 spiro atoms. The van der Waals surface area contributed by atoms with E-state index in [1.165, 1.54) is 4.90 Å². The molecule has 10 aromatic carbocycles. The summed E-state index contributed by atoms with van der Waals surface area (Å²) in [5, 5.41) is 4.31. The van der Waals surface area contributed by atoms with Crippen molar-refractivity contribution in [2.45, 2.75) is 17.9 Å². The fourth-order valence-corrected chi connectivity index (χ4v) is 9.78. The fraction of sp³-hybridized carbons (Fsp3) is 0.0476. The van der Waals surface area contributed by atoms with E-state index in [-0.39, 0.29) is 47.0 Å². The van der Waals surface area contributed by atoms with Gasteiger partial charge in [-0.3, -0.25) is 0 Å². The quantitative estimate of drug-likeness (QED) is 0.138. The Labute approximate surface area is 391 Å². The normalized spacial score (nSPS) is 17.2. The van der Waals surface area contributed by atoms with Crippen LogP contribution in [0.1, 0.15) is 49.3 Å². The lowest BCUT2D eigenvalue weighted by Gasteiger charge is -2.36. The highest BCUT2D eigenvalue weighted by molar-refractivity contribution is 6.12. The van der Waals surface area contributed by atoms with Gasteiger partial charge in [-0.15, -0.1) is 0 Å². The van der Waals surface area contributed by atoms with Crippen LogP contribution in [0.2, 0.25) is 0 Å². The van der Waals surface area contributed by atoms with Crippen molar-refractivity contribution in [2.75, 3.05) is 4.90 Å². The van der Waals surface area contributed by atoms with Crippen molar-refractivity contribution in [3.05, 3.63) is 282 Å². The van der Waals surface area contributed by atoms with Crippen LogP contribution in [0.15, 0.2) is 255 Å². The van der Waals surface area contributed by atoms with Crippen molar-refractivity contribution >= 4 is 38.5 Å². The number of benzene rings is 10. The Morgan fingerprint density at radius 3 is 1.66 bits per heavy atom. The molecule has 0 amide bonds. The summed E-state index contributed by atoms with van der Waals surface area (Å²) < 4.78 is 107. The van der Waals surface area contributed by atoms with E-state index in [2.05, 4.69) is 30.3 Å². The largest absolute Gasteiger partial charge is 0.334 e. The maximum atomic E-state index is 10.7. The summed E-state index contributed by atoms with van der Waals surface area (Å²) in [6, 6.07) is 48.8. The van der Waals surface area contributed by atoms with E-state index in [1.807, 2.05) is 127 Å². The molecule has 0 N–H and O–H groups in total. The number of nitrogens with zero attached hydrogens (tertiary/aromatic N) is 1. The predicted molar refractivity (Wildman–Crippen MR) is 270 cm³/mol. The molecule has 10 aromatic rings. The first-order valence-electron chi connectivity index (χ1n) is 27.1.